The molecule has 1 aliphatic rings. The molecule has 0 radical (unpaired) electrons. The number of hydrogen-bond acceptors (Lipinski definition) is 4. The van der Waals surface area contributed by atoms with Gasteiger partial charge in [-0.1, -0.05) is 25.3 Å². The Bertz CT molecular complexity index is 1080. The molecule has 0 unspecified atom stereocenters. The zero-order chi connectivity index (χ0) is 21.1. The van der Waals surface area contributed by atoms with Crippen molar-refractivity contribution in [3.05, 3.63) is 65.9 Å². The second-order valence-electron chi connectivity index (χ2n) is 7.81. The molecule has 1 saturated carbocycles. The highest BCUT2D eigenvalue weighted by atomic mass is 19.1. The standard InChI is InChI=1S/C23H24FN3O3/c24-17-10-9-16(21(29)13-15-6-2-1-3-7-20(15)28)12-18(17)26-23(30)19-14-25-22-8-4-5-11-27(19)22/h4-5,8-12,14-15,20,28H,1-3,6-7,13H2,(H,26,30)/t15-,20+/m0/s1. The van der Waals surface area contributed by atoms with E-state index in [1.54, 1.807) is 22.7 Å². The van der Waals surface area contributed by atoms with E-state index in [9.17, 15) is 19.1 Å². The van der Waals surface area contributed by atoms with E-state index in [2.05, 4.69) is 10.3 Å². The number of aliphatic hydroxyl groups excluding tert-OH is 1. The number of amides is 1. The monoisotopic (exact) mass is 409 g/mol. The second-order valence-corrected chi connectivity index (χ2v) is 7.81. The van der Waals surface area contributed by atoms with Crippen molar-refractivity contribution in [3.63, 3.8) is 0 Å². The van der Waals surface area contributed by atoms with Crippen LogP contribution in [-0.2, 0) is 0 Å². The van der Waals surface area contributed by atoms with Gasteiger partial charge in [-0.05, 0) is 49.1 Å². The number of imidazole rings is 1. The van der Waals surface area contributed by atoms with Crippen LogP contribution in [0, 0.1) is 11.7 Å². The summed E-state index contributed by atoms with van der Waals surface area (Å²) in [5, 5.41) is 12.8. The maximum Gasteiger partial charge on any atom is 0.274 e. The zero-order valence-corrected chi connectivity index (χ0v) is 16.6. The van der Waals surface area contributed by atoms with Gasteiger partial charge < -0.3 is 10.4 Å². The summed E-state index contributed by atoms with van der Waals surface area (Å²) in [5.41, 5.74) is 1.14. The molecule has 1 aliphatic carbocycles. The summed E-state index contributed by atoms with van der Waals surface area (Å²) in [5.74, 6) is -1.38. The van der Waals surface area contributed by atoms with Crippen LogP contribution in [0.5, 0.6) is 0 Å². The van der Waals surface area contributed by atoms with Gasteiger partial charge in [-0.3, -0.25) is 14.0 Å². The van der Waals surface area contributed by atoms with Crippen molar-refractivity contribution >= 4 is 23.0 Å². The molecule has 0 saturated heterocycles. The number of fused-ring (bicyclic) bond motifs is 1. The molecule has 2 N–H and O–H groups in total. The fraction of sp³-hybridized carbons (Fsp3) is 0.348. The number of carbonyl (C=O) groups is 2. The molecule has 2 atom stereocenters. The molecule has 30 heavy (non-hydrogen) atoms. The fourth-order valence-corrected chi connectivity index (χ4v) is 4.04. The van der Waals surface area contributed by atoms with Gasteiger partial charge in [-0.15, -0.1) is 0 Å². The highest BCUT2D eigenvalue weighted by Crippen LogP contribution is 2.28. The lowest BCUT2D eigenvalue weighted by atomic mass is 9.90. The molecule has 4 rings (SSSR count). The van der Waals surface area contributed by atoms with Crippen LogP contribution in [0.1, 0.15) is 59.4 Å². The SMILES string of the molecule is O=C(C[C@@H]1CCCCC[C@H]1O)c1ccc(F)c(NC(=O)c2cnc3ccccn23)c1. The first-order valence-electron chi connectivity index (χ1n) is 10.3. The van der Waals surface area contributed by atoms with Crippen LogP contribution in [0.15, 0.2) is 48.8 Å². The lowest BCUT2D eigenvalue weighted by Gasteiger charge is -2.19. The average Bonchev–Trinajstić information content (AvgIpc) is 3.08. The number of benzene rings is 1. The number of pyridine rings is 1. The topological polar surface area (TPSA) is 83.7 Å². The van der Waals surface area contributed by atoms with Crippen molar-refractivity contribution in [1.29, 1.82) is 0 Å². The summed E-state index contributed by atoms with van der Waals surface area (Å²) >= 11 is 0. The first kappa shape index (κ1) is 20.2. The van der Waals surface area contributed by atoms with Gasteiger partial charge in [0.15, 0.2) is 5.78 Å². The molecule has 2 heterocycles. The van der Waals surface area contributed by atoms with Crippen LogP contribution in [0.4, 0.5) is 10.1 Å². The van der Waals surface area contributed by atoms with E-state index in [1.807, 2.05) is 6.07 Å². The van der Waals surface area contributed by atoms with Crippen molar-refractivity contribution in [1.82, 2.24) is 9.38 Å². The maximum absolute atomic E-state index is 14.3. The number of nitrogens with one attached hydrogen (secondary N) is 1. The number of hydrogen-bond donors (Lipinski definition) is 2. The van der Waals surface area contributed by atoms with Gasteiger partial charge in [-0.2, -0.15) is 0 Å². The van der Waals surface area contributed by atoms with Crippen LogP contribution >= 0.6 is 0 Å². The van der Waals surface area contributed by atoms with E-state index in [-0.39, 0.29) is 29.5 Å². The number of carbonyl (C=O) groups excluding carboxylic acids is 2. The third kappa shape index (κ3) is 4.26. The Kier molecular flexibility index (Phi) is 5.90. The van der Waals surface area contributed by atoms with Gasteiger partial charge in [0.2, 0.25) is 0 Å². The Balaban J connectivity index is 1.51. The Morgan fingerprint density at radius 3 is 2.87 bits per heavy atom. The number of Topliss-reactive ketones (excluding diaryl/α,β-unsaturated/α-hetero) is 1. The van der Waals surface area contributed by atoms with Crippen molar-refractivity contribution in [3.8, 4) is 0 Å². The minimum absolute atomic E-state index is 0.0573. The van der Waals surface area contributed by atoms with Gasteiger partial charge >= 0.3 is 0 Å². The fourth-order valence-electron chi connectivity index (χ4n) is 4.04. The van der Waals surface area contributed by atoms with E-state index in [0.29, 0.717) is 17.6 Å². The molecule has 0 bridgehead atoms. The highest BCUT2D eigenvalue weighted by molar-refractivity contribution is 6.04. The lowest BCUT2D eigenvalue weighted by molar-refractivity contribution is 0.0764. The number of nitrogens with zero attached hydrogens (tertiary/aromatic N) is 2. The third-order valence-corrected chi connectivity index (χ3v) is 5.75. The minimum atomic E-state index is -0.622. The molecule has 0 spiro atoms. The minimum Gasteiger partial charge on any atom is -0.393 e. The molecule has 2 aromatic heterocycles. The van der Waals surface area contributed by atoms with Crippen LogP contribution < -0.4 is 5.32 Å². The Morgan fingerprint density at radius 2 is 2.00 bits per heavy atom. The molecular weight excluding hydrogens is 385 g/mol. The molecule has 3 aromatic rings. The average molecular weight is 409 g/mol. The first-order valence-corrected chi connectivity index (χ1v) is 10.3. The number of aromatic nitrogens is 2. The molecule has 1 fully saturated rings. The Hall–Kier alpha value is -3.06. The largest absolute Gasteiger partial charge is 0.393 e. The number of halogens is 1. The van der Waals surface area contributed by atoms with E-state index in [0.717, 1.165) is 25.7 Å². The molecule has 7 heteroatoms. The van der Waals surface area contributed by atoms with E-state index >= 15 is 0 Å². The van der Waals surface area contributed by atoms with Crippen LogP contribution in [0.2, 0.25) is 0 Å². The van der Waals surface area contributed by atoms with Gasteiger partial charge in [0.1, 0.15) is 17.2 Å². The van der Waals surface area contributed by atoms with E-state index in [1.165, 1.54) is 24.4 Å². The predicted octanol–water partition coefficient (Wildman–Crippen LogP) is 4.24. The van der Waals surface area contributed by atoms with Crippen molar-refractivity contribution in [2.24, 2.45) is 5.92 Å². The summed E-state index contributed by atoms with van der Waals surface area (Å²) in [6.45, 7) is 0. The zero-order valence-electron chi connectivity index (χ0n) is 16.6. The summed E-state index contributed by atoms with van der Waals surface area (Å²) < 4.78 is 15.9. The normalized spacial score (nSPS) is 19.4. The number of ketones is 1. The van der Waals surface area contributed by atoms with Crippen LogP contribution in [0.3, 0.4) is 0 Å². The highest BCUT2D eigenvalue weighted by Gasteiger charge is 2.25. The second kappa shape index (κ2) is 8.75. The number of rotatable bonds is 5. The quantitative estimate of drug-likeness (QED) is 0.488. The lowest BCUT2D eigenvalue weighted by Crippen LogP contribution is -2.22. The molecular formula is C23H24FN3O3. The van der Waals surface area contributed by atoms with Gasteiger partial charge in [0.05, 0.1) is 18.0 Å². The maximum atomic E-state index is 14.3. The summed E-state index contributed by atoms with van der Waals surface area (Å²) in [6, 6.07) is 9.31. The van der Waals surface area contributed by atoms with Gasteiger partial charge in [0, 0.05) is 18.2 Å². The van der Waals surface area contributed by atoms with Crippen molar-refractivity contribution in [2.75, 3.05) is 5.32 Å². The van der Waals surface area contributed by atoms with E-state index in [4.69, 9.17) is 0 Å². The first-order chi connectivity index (χ1) is 14.5. The van der Waals surface area contributed by atoms with Crippen molar-refractivity contribution < 1.29 is 19.1 Å². The Morgan fingerprint density at radius 1 is 1.17 bits per heavy atom. The number of anilines is 1. The van der Waals surface area contributed by atoms with Gasteiger partial charge in [0.25, 0.3) is 5.91 Å². The molecule has 1 aromatic carbocycles. The van der Waals surface area contributed by atoms with Crippen LogP contribution in [-0.4, -0.2) is 32.3 Å². The van der Waals surface area contributed by atoms with E-state index < -0.39 is 17.8 Å². The molecule has 1 amide bonds. The summed E-state index contributed by atoms with van der Waals surface area (Å²) in [7, 11) is 0. The van der Waals surface area contributed by atoms with Crippen molar-refractivity contribution in [2.45, 2.75) is 44.6 Å². The predicted molar refractivity (Wildman–Crippen MR) is 111 cm³/mol. The van der Waals surface area contributed by atoms with Gasteiger partial charge in [-0.25, -0.2) is 9.37 Å². The third-order valence-electron chi connectivity index (χ3n) is 5.75. The number of aliphatic hydroxyl groups is 1. The van der Waals surface area contributed by atoms with Crippen LogP contribution in [0.25, 0.3) is 5.65 Å². The Labute approximate surface area is 173 Å². The molecule has 0 aliphatic heterocycles. The molecule has 6 nitrogen and oxygen atoms in total. The summed E-state index contributed by atoms with van der Waals surface area (Å²) in [6.07, 6.45) is 7.42. The smallest absolute Gasteiger partial charge is 0.274 e. The summed E-state index contributed by atoms with van der Waals surface area (Å²) in [4.78, 5) is 29.6. The molecule has 156 valence electrons.